The van der Waals surface area contributed by atoms with Gasteiger partial charge in [-0.1, -0.05) is 19.1 Å². The molecule has 0 saturated heterocycles. The van der Waals surface area contributed by atoms with E-state index in [0.29, 0.717) is 0 Å². The van der Waals surface area contributed by atoms with Crippen molar-refractivity contribution < 1.29 is 5.11 Å². The van der Waals surface area contributed by atoms with Crippen molar-refractivity contribution in [2.45, 2.75) is 32.8 Å². The molecule has 0 amide bonds. The highest BCUT2D eigenvalue weighted by atomic mass is 16.3. The number of hydrogen-bond acceptors (Lipinski definition) is 2. The molecular formula is C11H17NO. The largest absolute Gasteiger partial charge is 0.399 e. The average Bonchev–Trinajstić information content (AvgIpc) is 2.03. The third-order valence-electron chi connectivity index (χ3n) is 2.23. The minimum absolute atomic E-state index is 0.780. The summed E-state index contributed by atoms with van der Waals surface area (Å²) in [6.07, 6.45) is 0.899. The van der Waals surface area contributed by atoms with Gasteiger partial charge < -0.3 is 10.8 Å². The van der Waals surface area contributed by atoms with Gasteiger partial charge in [-0.05, 0) is 37.5 Å². The summed E-state index contributed by atoms with van der Waals surface area (Å²) in [6, 6.07) is 5.69. The minimum Gasteiger partial charge on any atom is -0.399 e. The number of hydrogen-bond donors (Lipinski definition) is 2. The standard InChI is InChI=1S/C11H17NO/c1-4-8-7-9(11(2,3)13)5-6-10(8)12/h5-7,13H,4,12H2,1-3H3. The summed E-state index contributed by atoms with van der Waals surface area (Å²) in [7, 11) is 0. The monoisotopic (exact) mass is 179 g/mol. The van der Waals surface area contributed by atoms with Crippen molar-refractivity contribution >= 4 is 5.69 Å². The van der Waals surface area contributed by atoms with Crippen molar-refractivity contribution in [2.75, 3.05) is 5.73 Å². The van der Waals surface area contributed by atoms with Crippen LogP contribution in [0.25, 0.3) is 0 Å². The van der Waals surface area contributed by atoms with E-state index in [-0.39, 0.29) is 0 Å². The second kappa shape index (κ2) is 3.38. The maximum absolute atomic E-state index is 9.76. The van der Waals surface area contributed by atoms with Gasteiger partial charge >= 0.3 is 0 Å². The normalized spacial score (nSPS) is 11.7. The summed E-state index contributed by atoms with van der Waals surface area (Å²) >= 11 is 0. The van der Waals surface area contributed by atoms with E-state index < -0.39 is 5.60 Å². The van der Waals surface area contributed by atoms with E-state index in [1.807, 2.05) is 18.2 Å². The number of aliphatic hydroxyl groups is 1. The summed E-state index contributed by atoms with van der Waals surface area (Å²) in [5.41, 5.74) is 7.80. The number of nitrogens with two attached hydrogens (primary N) is 1. The van der Waals surface area contributed by atoms with Crippen molar-refractivity contribution in [3.63, 3.8) is 0 Å². The predicted molar refractivity (Wildman–Crippen MR) is 55.5 cm³/mol. The Morgan fingerprint density at radius 3 is 2.46 bits per heavy atom. The lowest BCUT2D eigenvalue weighted by Gasteiger charge is -2.19. The van der Waals surface area contributed by atoms with Crippen molar-refractivity contribution in [2.24, 2.45) is 0 Å². The molecule has 0 bridgehead atoms. The molecular weight excluding hydrogens is 162 g/mol. The van der Waals surface area contributed by atoms with Gasteiger partial charge in [-0.3, -0.25) is 0 Å². The fraction of sp³-hybridized carbons (Fsp3) is 0.455. The first-order valence-electron chi connectivity index (χ1n) is 4.56. The molecule has 0 aliphatic heterocycles. The van der Waals surface area contributed by atoms with E-state index in [2.05, 4.69) is 6.92 Å². The molecule has 2 heteroatoms. The molecule has 1 rings (SSSR count). The Hall–Kier alpha value is -1.02. The van der Waals surface area contributed by atoms with Crippen molar-refractivity contribution in [1.82, 2.24) is 0 Å². The summed E-state index contributed by atoms with van der Waals surface area (Å²) in [6.45, 7) is 5.61. The van der Waals surface area contributed by atoms with E-state index in [0.717, 1.165) is 23.2 Å². The molecule has 0 unspecified atom stereocenters. The molecule has 0 aromatic heterocycles. The van der Waals surface area contributed by atoms with Gasteiger partial charge in [0.2, 0.25) is 0 Å². The van der Waals surface area contributed by atoms with Gasteiger partial charge in [0.25, 0.3) is 0 Å². The van der Waals surface area contributed by atoms with E-state index >= 15 is 0 Å². The van der Waals surface area contributed by atoms with Crippen molar-refractivity contribution in [3.8, 4) is 0 Å². The van der Waals surface area contributed by atoms with Crippen LogP contribution in [0.3, 0.4) is 0 Å². The van der Waals surface area contributed by atoms with Gasteiger partial charge in [-0.25, -0.2) is 0 Å². The first-order chi connectivity index (χ1) is 5.95. The van der Waals surface area contributed by atoms with E-state index in [1.54, 1.807) is 13.8 Å². The van der Waals surface area contributed by atoms with Crippen LogP contribution in [-0.4, -0.2) is 5.11 Å². The number of anilines is 1. The quantitative estimate of drug-likeness (QED) is 0.683. The minimum atomic E-state index is -0.780. The van der Waals surface area contributed by atoms with Gasteiger partial charge in [0, 0.05) is 5.69 Å². The highest BCUT2D eigenvalue weighted by molar-refractivity contribution is 5.49. The predicted octanol–water partition coefficient (Wildman–Crippen LogP) is 2.06. The van der Waals surface area contributed by atoms with E-state index in [1.165, 1.54) is 0 Å². The van der Waals surface area contributed by atoms with Crippen LogP contribution < -0.4 is 5.73 Å². The van der Waals surface area contributed by atoms with E-state index in [4.69, 9.17) is 5.73 Å². The van der Waals surface area contributed by atoms with Crippen molar-refractivity contribution in [1.29, 1.82) is 0 Å². The van der Waals surface area contributed by atoms with Crippen LogP contribution in [0, 0.1) is 0 Å². The van der Waals surface area contributed by atoms with Gasteiger partial charge in [-0.2, -0.15) is 0 Å². The molecule has 0 spiro atoms. The number of benzene rings is 1. The van der Waals surface area contributed by atoms with Crippen LogP contribution in [0.1, 0.15) is 31.9 Å². The average molecular weight is 179 g/mol. The summed E-state index contributed by atoms with van der Waals surface area (Å²) in [5.74, 6) is 0. The molecule has 0 saturated carbocycles. The zero-order valence-electron chi connectivity index (χ0n) is 8.46. The maximum Gasteiger partial charge on any atom is 0.0840 e. The van der Waals surface area contributed by atoms with Crippen LogP contribution in [0.15, 0.2) is 18.2 Å². The molecule has 0 atom stereocenters. The zero-order valence-corrected chi connectivity index (χ0v) is 8.46. The Morgan fingerprint density at radius 1 is 1.38 bits per heavy atom. The molecule has 0 aliphatic carbocycles. The van der Waals surface area contributed by atoms with Gasteiger partial charge in [-0.15, -0.1) is 0 Å². The van der Waals surface area contributed by atoms with Crippen LogP contribution in [0.4, 0.5) is 5.69 Å². The second-order valence-electron chi connectivity index (χ2n) is 3.83. The molecule has 0 aliphatic rings. The number of aryl methyl sites for hydroxylation is 1. The Labute approximate surface area is 79.4 Å². The third kappa shape index (κ3) is 2.22. The molecule has 0 heterocycles. The Kier molecular flexibility index (Phi) is 2.62. The smallest absolute Gasteiger partial charge is 0.0840 e. The first kappa shape index (κ1) is 10.1. The molecule has 0 radical (unpaired) electrons. The van der Waals surface area contributed by atoms with Gasteiger partial charge in [0.1, 0.15) is 0 Å². The lowest BCUT2D eigenvalue weighted by Crippen LogP contribution is -2.15. The topological polar surface area (TPSA) is 46.2 Å². The number of nitrogen functional groups attached to an aromatic ring is 1. The van der Waals surface area contributed by atoms with Crippen LogP contribution in [0.5, 0.6) is 0 Å². The van der Waals surface area contributed by atoms with Crippen LogP contribution in [-0.2, 0) is 12.0 Å². The maximum atomic E-state index is 9.76. The molecule has 0 fully saturated rings. The molecule has 13 heavy (non-hydrogen) atoms. The Balaban J connectivity index is 3.14. The van der Waals surface area contributed by atoms with Gasteiger partial charge in [0.15, 0.2) is 0 Å². The van der Waals surface area contributed by atoms with Crippen LogP contribution >= 0.6 is 0 Å². The molecule has 1 aromatic carbocycles. The summed E-state index contributed by atoms with van der Waals surface area (Å²) in [4.78, 5) is 0. The highest BCUT2D eigenvalue weighted by Crippen LogP contribution is 2.23. The first-order valence-corrected chi connectivity index (χ1v) is 4.56. The zero-order chi connectivity index (χ0) is 10.1. The van der Waals surface area contributed by atoms with Crippen molar-refractivity contribution in [3.05, 3.63) is 29.3 Å². The fourth-order valence-electron chi connectivity index (χ4n) is 1.29. The molecule has 3 N–H and O–H groups in total. The third-order valence-corrected chi connectivity index (χ3v) is 2.23. The molecule has 2 nitrogen and oxygen atoms in total. The van der Waals surface area contributed by atoms with Gasteiger partial charge in [0.05, 0.1) is 5.60 Å². The summed E-state index contributed by atoms with van der Waals surface area (Å²) < 4.78 is 0. The lowest BCUT2D eigenvalue weighted by molar-refractivity contribution is 0.0785. The Bertz CT molecular complexity index is 299. The van der Waals surface area contributed by atoms with E-state index in [9.17, 15) is 5.11 Å². The van der Waals surface area contributed by atoms with Crippen LogP contribution in [0.2, 0.25) is 0 Å². The number of rotatable bonds is 2. The SMILES string of the molecule is CCc1cc(C(C)(C)O)ccc1N. The Morgan fingerprint density at radius 2 is 2.00 bits per heavy atom. The summed E-state index contributed by atoms with van der Waals surface area (Å²) in [5, 5.41) is 9.76. The highest BCUT2D eigenvalue weighted by Gasteiger charge is 2.16. The second-order valence-corrected chi connectivity index (χ2v) is 3.83. The molecule has 72 valence electrons. The molecule has 1 aromatic rings. The fourth-order valence-corrected chi connectivity index (χ4v) is 1.29. The lowest BCUT2D eigenvalue weighted by atomic mass is 9.95.